The Hall–Kier alpha value is -2.08. The summed E-state index contributed by atoms with van der Waals surface area (Å²) in [6, 6.07) is 6.35. The van der Waals surface area contributed by atoms with E-state index in [0.717, 1.165) is 42.5 Å². The van der Waals surface area contributed by atoms with Crippen LogP contribution in [0.3, 0.4) is 0 Å². The van der Waals surface area contributed by atoms with Crippen molar-refractivity contribution in [1.82, 2.24) is 15.6 Å². The highest BCUT2D eigenvalue weighted by Crippen LogP contribution is 2.20. The molecule has 6 heteroatoms. The first kappa shape index (κ1) is 20.2. The standard InChI is InChI=1S/C20H30N4OS/c1-6-21-20(23-12-17-13-26-19(24-17)14(2)3)22-10-9-16-8-7-15(4)18(11-16)25-5/h7-8,11,13-14H,6,9-10,12H2,1-5H3,(H2,21,22,23). The number of hydrogen-bond acceptors (Lipinski definition) is 4. The highest BCUT2D eigenvalue weighted by Gasteiger charge is 2.06. The van der Waals surface area contributed by atoms with Crippen LogP contribution in [0.2, 0.25) is 0 Å². The van der Waals surface area contributed by atoms with Gasteiger partial charge in [0.05, 0.1) is 24.4 Å². The molecule has 2 N–H and O–H groups in total. The van der Waals surface area contributed by atoms with E-state index in [1.54, 1.807) is 18.4 Å². The van der Waals surface area contributed by atoms with Crippen LogP contribution in [0.15, 0.2) is 28.6 Å². The van der Waals surface area contributed by atoms with Gasteiger partial charge in [-0.3, -0.25) is 0 Å². The van der Waals surface area contributed by atoms with Crippen molar-refractivity contribution in [3.63, 3.8) is 0 Å². The third-order valence-corrected chi connectivity index (χ3v) is 5.18. The second-order valence-electron chi connectivity index (χ2n) is 6.51. The second-order valence-corrected chi connectivity index (χ2v) is 7.40. The van der Waals surface area contributed by atoms with Crippen molar-refractivity contribution in [3.8, 4) is 5.75 Å². The average Bonchev–Trinajstić information content (AvgIpc) is 3.10. The number of guanidine groups is 1. The Kier molecular flexibility index (Phi) is 7.91. The van der Waals surface area contributed by atoms with Gasteiger partial charge in [-0.2, -0.15) is 0 Å². The van der Waals surface area contributed by atoms with E-state index in [4.69, 9.17) is 4.74 Å². The summed E-state index contributed by atoms with van der Waals surface area (Å²) in [5, 5.41) is 9.95. The minimum atomic E-state index is 0.468. The lowest BCUT2D eigenvalue weighted by Gasteiger charge is -2.12. The molecule has 0 aliphatic heterocycles. The van der Waals surface area contributed by atoms with Crippen LogP contribution in [0, 0.1) is 6.92 Å². The summed E-state index contributed by atoms with van der Waals surface area (Å²) in [4.78, 5) is 9.29. The Bertz CT molecular complexity index is 724. The summed E-state index contributed by atoms with van der Waals surface area (Å²) in [5.41, 5.74) is 3.43. The number of aromatic nitrogens is 1. The van der Waals surface area contributed by atoms with Gasteiger partial charge in [0.1, 0.15) is 5.75 Å². The maximum atomic E-state index is 5.40. The maximum absolute atomic E-state index is 5.40. The van der Waals surface area contributed by atoms with Gasteiger partial charge in [-0.25, -0.2) is 9.98 Å². The number of nitrogens with zero attached hydrogens (tertiary/aromatic N) is 2. The SMILES string of the molecule is CCNC(=NCc1csc(C(C)C)n1)NCCc1ccc(C)c(OC)c1. The van der Waals surface area contributed by atoms with Crippen molar-refractivity contribution in [3.05, 3.63) is 45.4 Å². The van der Waals surface area contributed by atoms with E-state index in [2.05, 4.69) is 71.9 Å². The number of rotatable bonds is 8. The molecule has 0 atom stereocenters. The average molecular weight is 375 g/mol. The lowest BCUT2D eigenvalue weighted by atomic mass is 10.1. The van der Waals surface area contributed by atoms with Crippen LogP contribution in [0.5, 0.6) is 5.75 Å². The largest absolute Gasteiger partial charge is 0.496 e. The summed E-state index contributed by atoms with van der Waals surface area (Å²) in [5.74, 6) is 2.23. The van der Waals surface area contributed by atoms with Gasteiger partial charge in [-0.1, -0.05) is 26.0 Å². The third kappa shape index (κ3) is 6.02. The van der Waals surface area contributed by atoms with Crippen LogP contribution in [0.4, 0.5) is 0 Å². The van der Waals surface area contributed by atoms with Crippen LogP contribution in [0.1, 0.15) is 48.5 Å². The number of methoxy groups -OCH3 is 1. The molecule has 0 bridgehead atoms. The molecule has 5 nitrogen and oxygen atoms in total. The molecule has 0 aliphatic rings. The zero-order chi connectivity index (χ0) is 18.9. The second kappa shape index (κ2) is 10.2. The van der Waals surface area contributed by atoms with Gasteiger partial charge < -0.3 is 15.4 Å². The minimum absolute atomic E-state index is 0.468. The predicted molar refractivity (Wildman–Crippen MR) is 110 cm³/mol. The molecule has 0 saturated carbocycles. The van der Waals surface area contributed by atoms with E-state index in [-0.39, 0.29) is 0 Å². The van der Waals surface area contributed by atoms with Gasteiger partial charge in [0, 0.05) is 24.4 Å². The minimum Gasteiger partial charge on any atom is -0.496 e. The Labute approximate surface area is 160 Å². The fourth-order valence-electron chi connectivity index (χ4n) is 2.51. The Balaban J connectivity index is 1.90. The predicted octanol–water partition coefficient (Wildman–Crippen LogP) is 3.88. The molecule has 0 amide bonds. The molecule has 0 fully saturated rings. The molecule has 0 aliphatic carbocycles. The first-order chi connectivity index (χ1) is 12.5. The van der Waals surface area contributed by atoms with Gasteiger partial charge in [0.15, 0.2) is 5.96 Å². The number of aryl methyl sites for hydroxylation is 1. The number of ether oxygens (including phenoxy) is 1. The molecule has 0 spiro atoms. The molecule has 2 rings (SSSR count). The molecule has 0 saturated heterocycles. The van der Waals surface area contributed by atoms with Crippen molar-refractivity contribution in [1.29, 1.82) is 0 Å². The van der Waals surface area contributed by atoms with E-state index in [1.165, 1.54) is 10.6 Å². The van der Waals surface area contributed by atoms with Crippen LogP contribution in [-0.4, -0.2) is 31.1 Å². The number of hydrogen-bond donors (Lipinski definition) is 2. The Morgan fingerprint density at radius 3 is 2.77 bits per heavy atom. The van der Waals surface area contributed by atoms with Crippen LogP contribution in [0.25, 0.3) is 0 Å². The van der Waals surface area contributed by atoms with E-state index >= 15 is 0 Å². The smallest absolute Gasteiger partial charge is 0.191 e. The summed E-state index contributed by atoms with van der Waals surface area (Å²) >= 11 is 1.71. The van der Waals surface area contributed by atoms with E-state index in [1.807, 2.05) is 0 Å². The molecule has 1 aromatic carbocycles. The molecule has 142 valence electrons. The fourth-order valence-corrected chi connectivity index (χ4v) is 3.33. The number of nitrogens with one attached hydrogen (secondary N) is 2. The van der Waals surface area contributed by atoms with E-state index < -0.39 is 0 Å². The van der Waals surface area contributed by atoms with Crippen molar-refractivity contribution in [2.24, 2.45) is 4.99 Å². The zero-order valence-electron chi connectivity index (χ0n) is 16.4. The van der Waals surface area contributed by atoms with Crippen molar-refractivity contribution in [2.45, 2.75) is 46.6 Å². The Morgan fingerprint density at radius 1 is 1.31 bits per heavy atom. The molecule has 0 radical (unpaired) electrons. The molecule has 1 aromatic heterocycles. The summed E-state index contributed by atoms with van der Waals surface area (Å²) in [6.45, 7) is 10.7. The highest BCUT2D eigenvalue weighted by atomic mass is 32.1. The van der Waals surface area contributed by atoms with Crippen LogP contribution in [-0.2, 0) is 13.0 Å². The first-order valence-electron chi connectivity index (χ1n) is 9.13. The third-order valence-electron chi connectivity index (χ3n) is 3.99. The lowest BCUT2D eigenvalue weighted by Crippen LogP contribution is -2.38. The van der Waals surface area contributed by atoms with Crippen LogP contribution >= 0.6 is 11.3 Å². The van der Waals surface area contributed by atoms with Gasteiger partial charge >= 0.3 is 0 Å². The van der Waals surface area contributed by atoms with Gasteiger partial charge in [-0.15, -0.1) is 11.3 Å². The molecular formula is C20H30N4OS. The molecule has 1 heterocycles. The normalized spacial score (nSPS) is 11.7. The van der Waals surface area contributed by atoms with E-state index in [9.17, 15) is 0 Å². The Morgan fingerprint density at radius 2 is 2.12 bits per heavy atom. The fraction of sp³-hybridized carbons (Fsp3) is 0.500. The number of benzene rings is 1. The summed E-state index contributed by atoms with van der Waals surface area (Å²) in [7, 11) is 1.71. The number of thiazole rings is 1. The summed E-state index contributed by atoms with van der Waals surface area (Å²) in [6.07, 6.45) is 0.912. The topological polar surface area (TPSA) is 58.5 Å². The zero-order valence-corrected chi connectivity index (χ0v) is 17.2. The van der Waals surface area contributed by atoms with Gasteiger partial charge in [-0.05, 0) is 37.5 Å². The maximum Gasteiger partial charge on any atom is 0.191 e. The lowest BCUT2D eigenvalue weighted by molar-refractivity contribution is 0.411. The van der Waals surface area contributed by atoms with Crippen molar-refractivity contribution >= 4 is 17.3 Å². The highest BCUT2D eigenvalue weighted by molar-refractivity contribution is 7.09. The van der Waals surface area contributed by atoms with E-state index in [0.29, 0.717) is 12.5 Å². The first-order valence-corrected chi connectivity index (χ1v) is 10.0. The molecule has 26 heavy (non-hydrogen) atoms. The van der Waals surface area contributed by atoms with Crippen molar-refractivity contribution < 1.29 is 4.74 Å². The van der Waals surface area contributed by atoms with Crippen molar-refractivity contribution in [2.75, 3.05) is 20.2 Å². The summed E-state index contributed by atoms with van der Waals surface area (Å²) < 4.78 is 5.40. The quantitative estimate of drug-likeness (QED) is 0.544. The van der Waals surface area contributed by atoms with Gasteiger partial charge in [0.25, 0.3) is 0 Å². The molecular weight excluding hydrogens is 344 g/mol. The van der Waals surface area contributed by atoms with Gasteiger partial charge in [0.2, 0.25) is 0 Å². The monoisotopic (exact) mass is 374 g/mol. The molecule has 2 aromatic rings. The number of aliphatic imine (C=N–C) groups is 1. The van der Waals surface area contributed by atoms with Crippen LogP contribution < -0.4 is 15.4 Å². The molecule has 0 unspecified atom stereocenters.